The van der Waals surface area contributed by atoms with Crippen LogP contribution in [0.4, 0.5) is 13.2 Å². The van der Waals surface area contributed by atoms with E-state index in [0.717, 1.165) is 0 Å². The Morgan fingerprint density at radius 1 is 1.14 bits per heavy atom. The second-order valence-electron chi connectivity index (χ2n) is 4.87. The van der Waals surface area contributed by atoms with Gasteiger partial charge in [0.05, 0.1) is 19.8 Å². The zero-order chi connectivity index (χ0) is 15.7. The van der Waals surface area contributed by atoms with Crippen LogP contribution in [0.15, 0.2) is 24.3 Å². The second-order valence-corrected chi connectivity index (χ2v) is 4.87. The third-order valence-corrected chi connectivity index (χ3v) is 2.84. The van der Waals surface area contributed by atoms with E-state index in [9.17, 15) is 13.2 Å². The van der Waals surface area contributed by atoms with Gasteiger partial charge in [-0.1, -0.05) is 19.1 Å². The van der Waals surface area contributed by atoms with E-state index in [1.165, 1.54) is 0 Å². The summed E-state index contributed by atoms with van der Waals surface area (Å²) in [6, 6.07) is 7.36. The van der Waals surface area contributed by atoms with Gasteiger partial charge in [-0.25, -0.2) is 0 Å². The summed E-state index contributed by atoms with van der Waals surface area (Å²) in [5.74, 6) is 1.45. The van der Waals surface area contributed by atoms with Gasteiger partial charge in [-0.3, -0.25) is 0 Å². The first-order chi connectivity index (χ1) is 9.92. The average molecular weight is 305 g/mol. The Kier molecular flexibility index (Phi) is 7.36. The van der Waals surface area contributed by atoms with Crippen molar-refractivity contribution in [2.24, 2.45) is 5.92 Å². The number of para-hydroxylation sites is 2. The smallest absolute Gasteiger partial charge is 0.401 e. The van der Waals surface area contributed by atoms with Crippen LogP contribution in [0.2, 0.25) is 0 Å². The Hall–Kier alpha value is -1.43. The topological polar surface area (TPSA) is 30.5 Å². The van der Waals surface area contributed by atoms with Crippen molar-refractivity contribution in [1.29, 1.82) is 0 Å². The maximum atomic E-state index is 12.0. The Balaban J connectivity index is 2.27. The number of rotatable bonds is 9. The van der Waals surface area contributed by atoms with Gasteiger partial charge >= 0.3 is 6.18 Å². The molecule has 6 heteroatoms. The summed E-state index contributed by atoms with van der Waals surface area (Å²) >= 11 is 0. The fraction of sp³-hybridized carbons (Fsp3) is 0.600. The summed E-state index contributed by atoms with van der Waals surface area (Å²) in [4.78, 5) is 0. The Labute approximate surface area is 123 Å². The number of nitrogens with one attached hydrogen (secondary N) is 1. The molecule has 1 unspecified atom stereocenters. The van der Waals surface area contributed by atoms with Crippen LogP contribution in [-0.2, 0) is 0 Å². The first-order valence-corrected chi connectivity index (χ1v) is 7.04. The third-order valence-electron chi connectivity index (χ3n) is 2.84. The summed E-state index contributed by atoms with van der Waals surface area (Å²) in [6.45, 7) is 4.14. The molecule has 0 fully saturated rings. The first-order valence-electron chi connectivity index (χ1n) is 7.04. The molecule has 0 aliphatic heterocycles. The fourth-order valence-electron chi connectivity index (χ4n) is 1.78. The van der Waals surface area contributed by atoms with E-state index in [-0.39, 0.29) is 5.92 Å². The zero-order valence-corrected chi connectivity index (χ0v) is 12.4. The Morgan fingerprint density at radius 2 is 1.76 bits per heavy atom. The molecular formula is C15H22F3NO2. The van der Waals surface area contributed by atoms with Crippen molar-refractivity contribution in [1.82, 2.24) is 5.32 Å². The zero-order valence-electron chi connectivity index (χ0n) is 12.4. The summed E-state index contributed by atoms with van der Waals surface area (Å²) in [6.07, 6.45) is -3.49. The minimum Gasteiger partial charge on any atom is -0.490 e. The van der Waals surface area contributed by atoms with Gasteiger partial charge in [0.1, 0.15) is 0 Å². The highest BCUT2D eigenvalue weighted by Gasteiger charge is 2.26. The van der Waals surface area contributed by atoms with Crippen molar-refractivity contribution in [2.75, 3.05) is 26.3 Å². The number of halogens is 3. The molecule has 21 heavy (non-hydrogen) atoms. The minimum absolute atomic E-state index is 0.103. The maximum absolute atomic E-state index is 12.0. The van der Waals surface area contributed by atoms with Crippen LogP contribution in [0.25, 0.3) is 0 Å². The molecule has 0 saturated heterocycles. The van der Waals surface area contributed by atoms with Crippen LogP contribution >= 0.6 is 0 Å². The quantitative estimate of drug-likeness (QED) is 0.755. The molecule has 1 N–H and O–H groups in total. The third kappa shape index (κ3) is 7.80. The molecule has 0 aliphatic carbocycles. The number of benzene rings is 1. The first kappa shape index (κ1) is 17.6. The van der Waals surface area contributed by atoms with Gasteiger partial charge in [0.2, 0.25) is 0 Å². The standard InChI is InChI=1S/C15H22F3NO2/c1-3-20-13-6-4-5-7-14(13)21-9-8-12(2)10-19-11-15(16,17)18/h4-7,12,19H,3,8-11H2,1-2H3. The monoisotopic (exact) mass is 305 g/mol. The molecule has 0 bridgehead atoms. The van der Waals surface area contributed by atoms with Crippen LogP contribution in [0.1, 0.15) is 20.3 Å². The van der Waals surface area contributed by atoms with Gasteiger partial charge in [0.25, 0.3) is 0 Å². The molecule has 1 aromatic rings. The van der Waals surface area contributed by atoms with Crippen molar-refractivity contribution in [2.45, 2.75) is 26.4 Å². The van der Waals surface area contributed by atoms with E-state index in [2.05, 4.69) is 5.32 Å². The lowest BCUT2D eigenvalue weighted by Crippen LogP contribution is -2.32. The van der Waals surface area contributed by atoms with Gasteiger partial charge in [0, 0.05) is 0 Å². The lowest BCUT2D eigenvalue weighted by Gasteiger charge is -2.15. The Morgan fingerprint density at radius 3 is 2.33 bits per heavy atom. The summed E-state index contributed by atoms with van der Waals surface area (Å²) < 4.78 is 47.1. The highest BCUT2D eigenvalue weighted by atomic mass is 19.4. The second kappa shape index (κ2) is 8.77. The molecule has 0 aliphatic rings. The molecule has 0 amide bonds. The van der Waals surface area contributed by atoms with E-state index in [1.807, 2.05) is 38.1 Å². The molecule has 3 nitrogen and oxygen atoms in total. The van der Waals surface area contributed by atoms with Gasteiger partial charge in [0.15, 0.2) is 11.5 Å². The highest BCUT2D eigenvalue weighted by molar-refractivity contribution is 5.39. The van der Waals surface area contributed by atoms with E-state index in [0.29, 0.717) is 37.7 Å². The number of ether oxygens (including phenoxy) is 2. The van der Waals surface area contributed by atoms with Gasteiger partial charge < -0.3 is 14.8 Å². The van der Waals surface area contributed by atoms with Crippen molar-refractivity contribution in [3.8, 4) is 11.5 Å². The summed E-state index contributed by atoms with van der Waals surface area (Å²) in [7, 11) is 0. The molecule has 1 atom stereocenters. The van der Waals surface area contributed by atoms with Crippen LogP contribution < -0.4 is 14.8 Å². The van der Waals surface area contributed by atoms with Crippen molar-refractivity contribution >= 4 is 0 Å². The lowest BCUT2D eigenvalue weighted by atomic mass is 10.1. The molecule has 0 heterocycles. The number of hydrogen-bond donors (Lipinski definition) is 1. The molecule has 0 spiro atoms. The number of alkyl halides is 3. The van der Waals surface area contributed by atoms with Crippen molar-refractivity contribution < 1.29 is 22.6 Å². The largest absolute Gasteiger partial charge is 0.490 e. The highest BCUT2D eigenvalue weighted by Crippen LogP contribution is 2.26. The predicted octanol–water partition coefficient (Wildman–Crippen LogP) is 3.64. The normalized spacial score (nSPS) is 13.0. The van der Waals surface area contributed by atoms with E-state index in [1.54, 1.807) is 0 Å². The van der Waals surface area contributed by atoms with Crippen LogP contribution in [0.3, 0.4) is 0 Å². The van der Waals surface area contributed by atoms with E-state index in [4.69, 9.17) is 9.47 Å². The fourth-order valence-corrected chi connectivity index (χ4v) is 1.78. The Bertz CT molecular complexity index is 410. The summed E-state index contributed by atoms with van der Waals surface area (Å²) in [5.41, 5.74) is 0. The molecule has 0 saturated carbocycles. The van der Waals surface area contributed by atoms with Crippen molar-refractivity contribution in [3.05, 3.63) is 24.3 Å². The predicted molar refractivity (Wildman–Crippen MR) is 75.8 cm³/mol. The lowest BCUT2D eigenvalue weighted by molar-refractivity contribution is -0.125. The van der Waals surface area contributed by atoms with Crippen LogP contribution in [-0.4, -0.2) is 32.5 Å². The molecular weight excluding hydrogens is 283 g/mol. The molecule has 1 rings (SSSR count). The summed E-state index contributed by atoms with van der Waals surface area (Å²) in [5, 5.41) is 2.40. The van der Waals surface area contributed by atoms with Crippen LogP contribution in [0.5, 0.6) is 11.5 Å². The van der Waals surface area contributed by atoms with Gasteiger partial charge in [-0.05, 0) is 37.9 Å². The molecule has 0 radical (unpaired) electrons. The van der Waals surface area contributed by atoms with Crippen molar-refractivity contribution in [3.63, 3.8) is 0 Å². The average Bonchev–Trinajstić information content (AvgIpc) is 2.39. The number of hydrogen-bond acceptors (Lipinski definition) is 3. The molecule has 0 aromatic heterocycles. The SMILES string of the molecule is CCOc1ccccc1OCCC(C)CNCC(F)(F)F. The van der Waals surface area contributed by atoms with E-state index < -0.39 is 12.7 Å². The van der Waals surface area contributed by atoms with E-state index >= 15 is 0 Å². The van der Waals surface area contributed by atoms with Gasteiger partial charge in [-0.15, -0.1) is 0 Å². The minimum atomic E-state index is -4.16. The maximum Gasteiger partial charge on any atom is 0.401 e. The molecule has 120 valence electrons. The molecule has 1 aromatic carbocycles. The van der Waals surface area contributed by atoms with Crippen LogP contribution in [0, 0.1) is 5.92 Å². The van der Waals surface area contributed by atoms with Gasteiger partial charge in [-0.2, -0.15) is 13.2 Å².